The molecule has 5 rings (SSSR count). The molecule has 3 aliphatic rings. The van der Waals surface area contributed by atoms with Gasteiger partial charge in [0.2, 0.25) is 0 Å². The van der Waals surface area contributed by atoms with Gasteiger partial charge in [0.05, 0.1) is 19.1 Å². The van der Waals surface area contributed by atoms with Gasteiger partial charge < -0.3 is 14.2 Å². The van der Waals surface area contributed by atoms with Crippen molar-refractivity contribution in [3.63, 3.8) is 0 Å². The molecule has 0 atom stereocenters. The molecule has 0 spiro atoms. The maximum absolute atomic E-state index is 15.3. The Balaban J connectivity index is 1.08. The molecule has 1 aliphatic heterocycles. The molecule has 0 bridgehead atoms. The molecule has 0 aromatic heterocycles. The molecular formula is C37H44F8O3. The molecule has 0 radical (unpaired) electrons. The van der Waals surface area contributed by atoms with E-state index in [0.717, 1.165) is 38.5 Å². The van der Waals surface area contributed by atoms with Crippen molar-refractivity contribution < 1.29 is 49.3 Å². The number of rotatable bonds is 11. The van der Waals surface area contributed by atoms with Crippen molar-refractivity contribution in [1.29, 1.82) is 0 Å². The van der Waals surface area contributed by atoms with Gasteiger partial charge in [0, 0.05) is 35.3 Å². The highest BCUT2D eigenvalue weighted by Gasteiger charge is 2.45. The van der Waals surface area contributed by atoms with E-state index >= 15 is 13.2 Å². The monoisotopic (exact) mass is 688 g/mol. The van der Waals surface area contributed by atoms with E-state index in [0.29, 0.717) is 61.2 Å². The zero-order valence-electron chi connectivity index (χ0n) is 27.2. The zero-order chi connectivity index (χ0) is 34.5. The Hall–Kier alpha value is -2.66. The number of benzene rings is 2. The fourth-order valence-corrected chi connectivity index (χ4v) is 7.63. The Bertz CT molecular complexity index is 1350. The summed E-state index contributed by atoms with van der Waals surface area (Å²) < 4.78 is 128. The van der Waals surface area contributed by atoms with Crippen LogP contribution >= 0.6 is 0 Å². The number of allylic oxidation sites excluding steroid dienone is 1. The maximum Gasteiger partial charge on any atom is 0.409 e. The predicted molar refractivity (Wildman–Crippen MR) is 166 cm³/mol. The van der Waals surface area contributed by atoms with Crippen molar-refractivity contribution in [2.75, 3.05) is 13.2 Å². The predicted octanol–water partition coefficient (Wildman–Crippen LogP) is 11.7. The topological polar surface area (TPSA) is 27.7 Å². The molecule has 0 amide bonds. The minimum atomic E-state index is -4.79. The first-order valence-corrected chi connectivity index (χ1v) is 17.2. The molecule has 1 heterocycles. The number of ether oxygens (including phenoxy) is 3. The van der Waals surface area contributed by atoms with Crippen LogP contribution in [-0.4, -0.2) is 25.5 Å². The van der Waals surface area contributed by atoms with Crippen LogP contribution in [0.15, 0.2) is 36.4 Å². The van der Waals surface area contributed by atoms with Gasteiger partial charge in [-0.3, -0.25) is 0 Å². The van der Waals surface area contributed by atoms with Gasteiger partial charge >= 0.3 is 12.3 Å². The lowest BCUT2D eigenvalue weighted by Crippen LogP contribution is -2.38. The summed E-state index contributed by atoms with van der Waals surface area (Å²) >= 11 is 0. The molecule has 2 aromatic carbocycles. The van der Waals surface area contributed by atoms with Gasteiger partial charge in [0.25, 0.3) is 0 Å². The quantitative estimate of drug-likeness (QED) is 0.174. The smallest absolute Gasteiger partial charge is 0.409 e. The third-order valence-corrected chi connectivity index (χ3v) is 10.4. The summed E-state index contributed by atoms with van der Waals surface area (Å²) in [6.45, 7) is 3.39. The van der Waals surface area contributed by atoms with E-state index in [1.54, 1.807) is 0 Å². The summed E-state index contributed by atoms with van der Waals surface area (Å²) in [5.74, 6) is -4.05. The molecule has 3 nitrogen and oxygen atoms in total. The van der Waals surface area contributed by atoms with E-state index in [-0.39, 0.29) is 42.6 Å². The van der Waals surface area contributed by atoms with Crippen LogP contribution in [0.4, 0.5) is 35.1 Å². The van der Waals surface area contributed by atoms with E-state index in [2.05, 4.69) is 6.92 Å². The molecule has 0 N–H and O–H groups in total. The second-order valence-corrected chi connectivity index (χ2v) is 13.7. The lowest BCUT2D eigenvalue weighted by Gasteiger charge is -2.39. The summed E-state index contributed by atoms with van der Waals surface area (Å²) in [4.78, 5) is 0. The van der Waals surface area contributed by atoms with Crippen LogP contribution in [0.25, 0.3) is 6.08 Å². The standard InChI is InChI=1S/C37H44F8O3/c1-2-3-4-5-23-21-46-35(47-22-23)27-12-15-30(32(38)18-27)26-8-6-24(7-9-26)25-10-13-28(14-11-25)37(44,45)48-29-19-33(39)31(34(40)20-29)16-17-36(41,42)43/h12,15-20,23-26,28,35H,2-11,13-14,21-22H2,1H3/b17-16+. The van der Waals surface area contributed by atoms with Gasteiger partial charge in [-0.2, -0.15) is 22.0 Å². The Morgan fingerprint density at radius 3 is 1.94 bits per heavy atom. The van der Waals surface area contributed by atoms with Crippen LogP contribution in [-0.2, 0) is 9.47 Å². The van der Waals surface area contributed by atoms with Crippen molar-refractivity contribution >= 4 is 6.08 Å². The van der Waals surface area contributed by atoms with Gasteiger partial charge in [0.1, 0.15) is 23.2 Å². The second-order valence-electron chi connectivity index (χ2n) is 13.7. The lowest BCUT2D eigenvalue weighted by molar-refractivity contribution is -0.224. The van der Waals surface area contributed by atoms with E-state index in [4.69, 9.17) is 14.2 Å². The van der Waals surface area contributed by atoms with E-state index < -0.39 is 47.4 Å². The van der Waals surface area contributed by atoms with Crippen molar-refractivity contribution in [3.05, 3.63) is 70.5 Å². The van der Waals surface area contributed by atoms with Crippen LogP contribution in [0.2, 0.25) is 0 Å². The fourth-order valence-electron chi connectivity index (χ4n) is 7.63. The Morgan fingerprint density at radius 1 is 0.771 bits per heavy atom. The molecule has 11 heteroatoms. The highest BCUT2D eigenvalue weighted by atomic mass is 19.4. The van der Waals surface area contributed by atoms with E-state index in [1.807, 2.05) is 12.1 Å². The lowest BCUT2D eigenvalue weighted by atomic mass is 9.68. The SMILES string of the molecule is CCCCCC1COC(c2ccc(C3CCC(C4CCC(C(F)(F)Oc5cc(F)c(/C=C/C(F)(F)F)c(F)c5)CC4)CC3)c(F)c2)OC1. The minimum Gasteiger partial charge on any atom is -0.432 e. The number of halogens is 8. The van der Waals surface area contributed by atoms with Gasteiger partial charge in [-0.25, -0.2) is 13.2 Å². The van der Waals surface area contributed by atoms with Crippen molar-refractivity contribution in [3.8, 4) is 5.75 Å². The number of unbranched alkanes of at least 4 members (excludes halogenated alkanes) is 2. The summed E-state index contributed by atoms with van der Waals surface area (Å²) in [6, 6.07) is 6.19. The molecule has 2 saturated carbocycles. The van der Waals surface area contributed by atoms with Crippen LogP contribution < -0.4 is 4.74 Å². The van der Waals surface area contributed by atoms with Gasteiger partial charge in [-0.05, 0) is 93.2 Å². The van der Waals surface area contributed by atoms with Crippen molar-refractivity contribution in [2.24, 2.45) is 23.7 Å². The van der Waals surface area contributed by atoms with Crippen LogP contribution in [0.1, 0.15) is 113 Å². The molecule has 0 unspecified atom stereocenters. The first kappa shape index (κ1) is 36.6. The number of hydrogen-bond donors (Lipinski definition) is 0. The molecule has 266 valence electrons. The van der Waals surface area contributed by atoms with Crippen LogP contribution in [0.3, 0.4) is 0 Å². The van der Waals surface area contributed by atoms with Gasteiger partial charge in [-0.15, -0.1) is 0 Å². The van der Waals surface area contributed by atoms with Gasteiger partial charge in [-0.1, -0.05) is 38.3 Å². The normalized spacial score (nSPS) is 27.4. The van der Waals surface area contributed by atoms with Crippen LogP contribution in [0, 0.1) is 41.1 Å². The second kappa shape index (κ2) is 15.9. The average Bonchev–Trinajstić information content (AvgIpc) is 3.04. The van der Waals surface area contributed by atoms with Crippen molar-refractivity contribution in [2.45, 2.75) is 108 Å². The average molecular weight is 689 g/mol. The summed E-state index contributed by atoms with van der Waals surface area (Å²) in [5.41, 5.74) is 0.371. The van der Waals surface area contributed by atoms with E-state index in [9.17, 15) is 22.0 Å². The molecule has 3 fully saturated rings. The Morgan fingerprint density at radius 2 is 1.38 bits per heavy atom. The molecular weight excluding hydrogens is 644 g/mol. The number of alkyl halides is 5. The highest BCUT2D eigenvalue weighted by Crippen LogP contribution is 2.47. The molecule has 2 aromatic rings. The number of hydrogen-bond acceptors (Lipinski definition) is 3. The molecule has 1 saturated heterocycles. The third kappa shape index (κ3) is 9.52. The molecule has 48 heavy (non-hydrogen) atoms. The first-order chi connectivity index (χ1) is 22.8. The largest absolute Gasteiger partial charge is 0.432 e. The Kier molecular flexibility index (Phi) is 12.1. The van der Waals surface area contributed by atoms with Gasteiger partial charge in [0.15, 0.2) is 6.29 Å². The summed E-state index contributed by atoms with van der Waals surface area (Å²) in [5, 5.41) is 0. The first-order valence-electron chi connectivity index (χ1n) is 17.2. The van der Waals surface area contributed by atoms with Crippen molar-refractivity contribution in [1.82, 2.24) is 0 Å². The third-order valence-electron chi connectivity index (χ3n) is 10.4. The summed E-state index contributed by atoms with van der Waals surface area (Å²) in [7, 11) is 0. The Labute approximate surface area is 277 Å². The van der Waals surface area contributed by atoms with E-state index in [1.165, 1.54) is 18.9 Å². The highest BCUT2D eigenvalue weighted by molar-refractivity contribution is 5.53. The fraction of sp³-hybridized carbons (Fsp3) is 0.622. The maximum atomic E-state index is 15.3. The van der Waals surface area contributed by atoms with Crippen LogP contribution in [0.5, 0.6) is 5.75 Å². The molecule has 2 aliphatic carbocycles. The zero-order valence-corrected chi connectivity index (χ0v) is 27.2. The summed E-state index contributed by atoms with van der Waals surface area (Å²) in [6.07, 6.45) is 0.169. The minimum absolute atomic E-state index is 0.0802.